The molecule has 2 rings (SSSR count). The van der Waals surface area contributed by atoms with E-state index in [2.05, 4.69) is 21.2 Å². The van der Waals surface area contributed by atoms with Crippen LogP contribution in [0.2, 0.25) is 0 Å². The molecule has 0 aliphatic rings. The Balaban J connectivity index is 2.05. The van der Waals surface area contributed by atoms with Crippen LogP contribution in [0.15, 0.2) is 40.9 Å². The smallest absolute Gasteiger partial charge is 0.257 e. The third kappa shape index (κ3) is 4.20. The molecule has 0 aliphatic carbocycles. The van der Waals surface area contributed by atoms with Gasteiger partial charge in [0.25, 0.3) is 5.91 Å². The van der Waals surface area contributed by atoms with Crippen molar-refractivity contribution in [2.75, 3.05) is 18.9 Å². The lowest BCUT2D eigenvalue weighted by molar-refractivity contribution is -0.116. The van der Waals surface area contributed by atoms with E-state index in [1.165, 1.54) is 24.1 Å². The summed E-state index contributed by atoms with van der Waals surface area (Å²) in [6.07, 6.45) is 0. The minimum atomic E-state index is -0.629. The summed E-state index contributed by atoms with van der Waals surface area (Å²) in [4.78, 5) is 25.6. The zero-order chi connectivity index (χ0) is 17.9. The Kier molecular flexibility index (Phi) is 5.72. The van der Waals surface area contributed by atoms with Gasteiger partial charge < -0.3 is 10.2 Å². The Morgan fingerprint density at radius 3 is 2.58 bits per heavy atom. The first-order chi connectivity index (χ1) is 11.3. The number of aryl methyl sites for hydroxylation is 1. The molecular weight excluding hydrogens is 375 g/mol. The molecule has 0 bridgehead atoms. The van der Waals surface area contributed by atoms with Gasteiger partial charge in [0, 0.05) is 17.2 Å². The van der Waals surface area contributed by atoms with E-state index in [4.69, 9.17) is 0 Å². The molecule has 2 amide bonds. The van der Waals surface area contributed by atoms with E-state index in [0.717, 1.165) is 11.1 Å². The monoisotopic (exact) mass is 392 g/mol. The van der Waals surface area contributed by atoms with Gasteiger partial charge in [-0.2, -0.15) is 0 Å². The molecule has 2 aromatic carbocycles. The lowest BCUT2D eigenvalue weighted by atomic mass is 10.1. The Hall–Kier alpha value is -2.21. The third-order valence-electron chi connectivity index (χ3n) is 3.77. The van der Waals surface area contributed by atoms with Crippen LogP contribution in [0.25, 0.3) is 0 Å². The van der Waals surface area contributed by atoms with Gasteiger partial charge in [0.1, 0.15) is 5.82 Å². The van der Waals surface area contributed by atoms with E-state index < -0.39 is 11.7 Å². The maximum atomic E-state index is 13.9. The van der Waals surface area contributed by atoms with Gasteiger partial charge in [-0.3, -0.25) is 9.59 Å². The van der Waals surface area contributed by atoms with Crippen LogP contribution in [0, 0.1) is 19.7 Å². The van der Waals surface area contributed by atoms with Crippen LogP contribution in [0.1, 0.15) is 21.5 Å². The standard InChI is InChI=1S/C18H18BrFN2O2/c1-11-5-4-6-16(12(11)2)21-17(23)10-22(3)18(24)14-8-7-13(19)9-15(14)20/h4-9H,10H2,1-3H3,(H,21,23). The molecule has 2 aromatic rings. The SMILES string of the molecule is Cc1cccc(NC(=O)CN(C)C(=O)c2ccc(Br)cc2F)c1C. The highest BCUT2D eigenvalue weighted by Gasteiger charge is 2.19. The summed E-state index contributed by atoms with van der Waals surface area (Å²) in [5, 5.41) is 2.78. The predicted molar refractivity (Wildman–Crippen MR) is 95.6 cm³/mol. The average molecular weight is 393 g/mol. The van der Waals surface area contributed by atoms with Gasteiger partial charge in [0.2, 0.25) is 5.91 Å². The molecule has 1 N–H and O–H groups in total. The Bertz CT molecular complexity index is 793. The van der Waals surface area contributed by atoms with Gasteiger partial charge in [-0.05, 0) is 49.2 Å². The fourth-order valence-corrected chi connectivity index (χ4v) is 2.57. The van der Waals surface area contributed by atoms with Crippen LogP contribution >= 0.6 is 15.9 Å². The zero-order valence-corrected chi connectivity index (χ0v) is 15.3. The Morgan fingerprint density at radius 2 is 1.92 bits per heavy atom. The highest BCUT2D eigenvalue weighted by Crippen LogP contribution is 2.19. The molecule has 126 valence electrons. The van der Waals surface area contributed by atoms with Crippen molar-refractivity contribution in [2.45, 2.75) is 13.8 Å². The van der Waals surface area contributed by atoms with Crippen molar-refractivity contribution >= 4 is 33.4 Å². The van der Waals surface area contributed by atoms with E-state index in [0.29, 0.717) is 10.2 Å². The van der Waals surface area contributed by atoms with Crippen molar-refractivity contribution in [2.24, 2.45) is 0 Å². The molecular formula is C18H18BrFN2O2. The molecule has 0 aromatic heterocycles. The first-order valence-electron chi connectivity index (χ1n) is 7.36. The number of benzene rings is 2. The quantitative estimate of drug-likeness (QED) is 0.856. The normalized spacial score (nSPS) is 10.4. The average Bonchev–Trinajstić information content (AvgIpc) is 2.51. The minimum Gasteiger partial charge on any atom is -0.332 e. The lowest BCUT2D eigenvalue weighted by Gasteiger charge is -2.18. The maximum absolute atomic E-state index is 13.9. The number of carbonyl (C=O) groups is 2. The summed E-state index contributed by atoms with van der Waals surface area (Å²) in [6, 6.07) is 9.80. The van der Waals surface area contributed by atoms with Gasteiger partial charge >= 0.3 is 0 Å². The van der Waals surface area contributed by atoms with Crippen LogP contribution in [0.4, 0.5) is 10.1 Å². The summed E-state index contributed by atoms with van der Waals surface area (Å²) >= 11 is 3.14. The molecule has 4 nitrogen and oxygen atoms in total. The minimum absolute atomic E-state index is 0.0692. The second-order valence-electron chi connectivity index (χ2n) is 5.58. The number of nitrogens with zero attached hydrogens (tertiary/aromatic N) is 1. The van der Waals surface area contributed by atoms with Crippen LogP contribution in [-0.2, 0) is 4.79 Å². The van der Waals surface area contributed by atoms with Crippen molar-refractivity contribution in [3.8, 4) is 0 Å². The number of halogens is 2. The van der Waals surface area contributed by atoms with Crippen LogP contribution < -0.4 is 5.32 Å². The van der Waals surface area contributed by atoms with Crippen molar-refractivity contribution in [1.82, 2.24) is 4.90 Å². The molecule has 0 fully saturated rings. The Morgan fingerprint density at radius 1 is 1.21 bits per heavy atom. The first kappa shape index (κ1) is 18.1. The van der Waals surface area contributed by atoms with Crippen LogP contribution in [0.5, 0.6) is 0 Å². The number of carbonyl (C=O) groups excluding carboxylic acids is 2. The van der Waals surface area contributed by atoms with Crippen LogP contribution in [0.3, 0.4) is 0 Å². The number of anilines is 1. The van der Waals surface area contributed by atoms with Crippen molar-refractivity contribution in [1.29, 1.82) is 0 Å². The second-order valence-corrected chi connectivity index (χ2v) is 6.50. The zero-order valence-electron chi connectivity index (χ0n) is 13.7. The molecule has 0 saturated heterocycles. The lowest BCUT2D eigenvalue weighted by Crippen LogP contribution is -2.35. The second kappa shape index (κ2) is 7.57. The van der Waals surface area contributed by atoms with Crippen molar-refractivity contribution in [3.63, 3.8) is 0 Å². The molecule has 6 heteroatoms. The molecule has 0 spiro atoms. The van der Waals surface area contributed by atoms with Gasteiger partial charge in [-0.15, -0.1) is 0 Å². The number of likely N-dealkylation sites (N-methyl/N-ethyl adjacent to an activating group) is 1. The molecule has 0 heterocycles. The molecule has 0 saturated carbocycles. The van der Waals surface area contributed by atoms with E-state index in [1.807, 2.05) is 26.0 Å². The first-order valence-corrected chi connectivity index (χ1v) is 8.15. The summed E-state index contributed by atoms with van der Waals surface area (Å²) in [5.41, 5.74) is 2.67. The Labute approximate surface area is 148 Å². The van der Waals surface area contributed by atoms with Gasteiger partial charge in [0.15, 0.2) is 0 Å². The summed E-state index contributed by atoms with van der Waals surface area (Å²) in [6.45, 7) is 3.70. The highest BCUT2D eigenvalue weighted by molar-refractivity contribution is 9.10. The number of rotatable bonds is 4. The fourth-order valence-electron chi connectivity index (χ4n) is 2.23. The summed E-state index contributed by atoms with van der Waals surface area (Å²) in [5.74, 6) is -1.51. The number of hydrogen-bond acceptors (Lipinski definition) is 2. The van der Waals surface area contributed by atoms with Crippen LogP contribution in [-0.4, -0.2) is 30.3 Å². The van der Waals surface area contributed by atoms with E-state index in [-0.39, 0.29) is 18.0 Å². The predicted octanol–water partition coefficient (Wildman–Crippen LogP) is 3.92. The summed E-state index contributed by atoms with van der Waals surface area (Å²) < 4.78 is 14.4. The number of nitrogens with one attached hydrogen (secondary N) is 1. The molecule has 0 atom stereocenters. The molecule has 24 heavy (non-hydrogen) atoms. The van der Waals surface area contributed by atoms with Gasteiger partial charge in [0.05, 0.1) is 12.1 Å². The molecule has 0 unspecified atom stereocenters. The number of hydrogen-bond donors (Lipinski definition) is 1. The van der Waals surface area contributed by atoms with E-state index >= 15 is 0 Å². The van der Waals surface area contributed by atoms with Crippen molar-refractivity contribution < 1.29 is 14.0 Å². The van der Waals surface area contributed by atoms with Crippen molar-refractivity contribution in [3.05, 3.63) is 63.4 Å². The molecule has 0 aliphatic heterocycles. The highest BCUT2D eigenvalue weighted by atomic mass is 79.9. The largest absolute Gasteiger partial charge is 0.332 e. The maximum Gasteiger partial charge on any atom is 0.257 e. The van der Waals surface area contributed by atoms with Gasteiger partial charge in [-0.25, -0.2) is 4.39 Å². The summed E-state index contributed by atoms with van der Waals surface area (Å²) in [7, 11) is 1.46. The fraction of sp³-hybridized carbons (Fsp3) is 0.222. The topological polar surface area (TPSA) is 49.4 Å². The third-order valence-corrected chi connectivity index (χ3v) is 4.26. The van der Waals surface area contributed by atoms with E-state index in [9.17, 15) is 14.0 Å². The number of amides is 2. The van der Waals surface area contributed by atoms with Gasteiger partial charge in [-0.1, -0.05) is 28.1 Å². The molecule has 0 radical (unpaired) electrons. The van der Waals surface area contributed by atoms with E-state index in [1.54, 1.807) is 12.1 Å².